The Morgan fingerprint density at radius 3 is 2.87 bits per heavy atom. The molecule has 1 heterocycles. The summed E-state index contributed by atoms with van der Waals surface area (Å²) >= 11 is 5.77. The molecular formula is C16H20ClN3O3. The van der Waals surface area contributed by atoms with Crippen molar-refractivity contribution in [2.75, 3.05) is 6.61 Å². The van der Waals surface area contributed by atoms with E-state index in [1.54, 1.807) is 0 Å². The van der Waals surface area contributed by atoms with Crippen LogP contribution in [0, 0.1) is 5.92 Å². The lowest BCUT2D eigenvalue weighted by Crippen LogP contribution is -2.07. The molecule has 23 heavy (non-hydrogen) atoms. The molecule has 0 aliphatic heterocycles. The maximum Gasteiger partial charge on any atom is 0.338 e. The van der Waals surface area contributed by atoms with Gasteiger partial charge < -0.3 is 15.6 Å². The SMILES string of the molecule is NC(=CC=Nc1ccc(C(=O)O)c(Cl)n1)OCCC1CCCC1. The first-order chi connectivity index (χ1) is 11.1. The fourth-order valence-electron chi connectivity index (χ4n) is 2.53. The Bertz CT molecular complexity index is 611. The minimum atomic E-state index is -1.13. The lowest BCUT2D eigenvalue weighted by molar-refractivity contribution is 0.0696. The number of carboxylic acids is 1. The molecule has 7 heteroatoms. The number of halogens is 1. The number of aliphatic imine (C=N–C) groups is 1. The highest BCUT2D eigenvalue weighted by Crippen LogP contribution is 2.27. The number of aromatic carboxylic acids is 1. The Hall–Kier alpha value is -2.08. The molecule has 1 aromatic heterocycles. The summed E-state index contributed by atoms with van der Waals surface area (Å²) in [4.78, 5) is 18.8. The Balaban J connectivity index is 1.81. The number of nitrogens with two attached hydrogens (primary N) is 1. The van der Waals surface area contributed by atoms with E-state index in [1.165, 1.54) is 50.1 Å². The molecule has 0 unspecified atom stereocenters. The second-order valence-corrected chi connectivity index (χ2v) is 5.81. The van der Waals surface area contributed by atoms with Crippen molar-refractivity contribution in [1.29, 1.82) is 0 Å². The number of ether oxygens (including phenoxy) is 1. The number of carbonyl (C=O) groups is 1. The van der Waals surface area contributed by atoms with E-state index in [0.29, 0.717) is 18.3 Å². The van der Waals surface area contributed by atoms with Gasteiger partial charge in [0.15, 0.2) is 11.7 Å². The van der Waals surface area contributed by atoms with Crippen LogP contribution >= 0.6 is 11.6 Å². The molecule has 1 aliphatic carbocycles. The zero-order valence-electron chi connectivity index (χ0n) is 12.7. The van der Waals surface area contributed by atoms with Crippen LogP contribution in [0.25, 0.3) is 0 Å². The Morgan fingerprint density at radius 1 is 1.48 bits per heavy atom. The molecule has 1 saturated carbocycles. The second-order valence-electron chi connectivity index (χ2n) is 5.45. The molecule has 6 nitrogen and oxygen atoms in total. The third-order valence-electron chi connectivity index (χ3n) is 3.78. The van der Waals surface area contributed by atoms with Crippen LogP contribution in [0.15, 0.2) is 29.1 Å². The third kappa shape index (κ3) is 5.56. The van der Waals surface area contributed by atoms with E-state index in [2.05, 4.69) is 9.98 Å². The highest BCUT2D eigenvalue weighted by atomic mass is 35.5. The smallest absolute Gasteiger partial charge is 0.338 e. The van der Waals surface area contributed by atoms with E-state index in [1.807, 2.05) is 0 Å². The van der Waals surface area contributed by atoms with Crippen molar-refractivity contribution in [3.8, 4) is 0 Å². The number of carboxylic acid groups (broad SMARTS) is 1. The van der Waals surface area contributed by atoms with Gasteiger partial charge in [0.05, 0.1) is 12.2 Å². The molecule has 1 fully saturated rings. The molecule has 0 saturated heterocycles. The summed E-state index contributed by atoms with van der Waals surface area (Å²) in [6, 6.07) is 2.83. The van der Waals surface area contributed by atoms with Gasteiger partial charge in [-0.3, -0.25) is 0 Å². The van der Waals surface area contributed by atoms with Crippen molar-refractivity contribution in [1.82, 2.24) is 4.98 Å². The van der Waals surface area contributed by atoms with Gasteiger partial charge in [0.25, 0.3) is 0 Å². The van der Waals surface area contributed by atoms with Crippen LogP contribution in [-0.2, 0) is 4.74 Å². The average Bonchev–Trinajstić information content (AvgIpc) is 3.00. The Kier molecular flexibility index (Phi) is 6.40. The van der Waals surface area contributed by atoms with Gasteiger partial charge in [-0.2, -0.15) is 0 Å². The number of nitrogens with zero attached hydrogens (tertiary/aromatic N) is 2. The van der Waals surface area contributed by atoms with Crippen molar-refractivity contribution in [3.05, 3.63) is 34.8 Å². The summed E-state index contributed by atoms with van der Waals surface area (Å²) < 4.78 is 5.44. The highest BCUT2D eigenvalue weighted by molar-refractivity contribution is 6.32. The highest BCUT2D eigenvalue weighted by Gasteiger charge is 2.14. The predicted octanol–water partition coefficient (Wildman–Crippen LogP) is 3.53. The van der Waals surface area contributed by atoms with Crippen LogP contribution in [0.5, 0.6) is 0 Å². The van der Waals surface area contributed by atoms with Crippen molar-refractivity contribution in [2.24, 2.45) is 16.6 Å². The number of allylic oxidation sites excluding steroid dienone is 1. The number of hydrogen-bond donors (Lipinski definition) is 2. The number of rotatable bonds is 7. The van der Waals surface area contributed by atoms with Crippen LogP contribution in [0.4, 0.5) is 5.82 Å². The van der Waals surface area contributed by atoms with Crippen LogP contribution in [0.2, 0.25) is 5.15 Å². The van der Waals surface area contributed by atoms with Gasteiger partial charge in [0.1, 0.15) is 5.15 Å². The fraction of sp³-hybridized carbons (Fsp3) is 0.438. The molecule has 0 radical (unpaired) electrons. The number of aromatic nitrogens is 1. The molecule has 0 aromatic carbocycles. The van der Waals surface area contributed by atoms with Gasteiger partial charge in [0, 0.05) is 12.3 Å². The van der Waals surface area contributed by atoms with E-state index in [0.717, 1.165) is 12.3 Å². The van der Waals surface area contributed by atoms with E-state index in [4.69, 9.17) is 27.2 Å². The lowest BCUT2D eigenvalue weighted by Gasteiger charge is -2.09. The summed E-state index contributed by atoms with van der Waals surface area (Å²) in [5.74, 6) is 0.225. The standard InChI is InChI=1S/C16H20ClN3O3/c17-15-12(16(21)22)5-6-14(20-15)19-9-7-13(18)23-10-8-11-3-1-2-4-11/h5-7,9,11H,1-4,8,10,18H2,(H,21,22). The van der Waals surface area contributed by atoms with Gasteiger partial charge in [-0.05, 0) is 24.5 Å². The first-order valence-electron chi connectivity index (χ1n) is 7.58. The maximum atomic E-state index is 10.8. The van der Waals surface area contributed by atoms with Crippen LogP contribution in [-0.4, -0.2) is 28.9 Å². The van der Waals surface area contributed by atoms with E-state index in [9.17, 15) is 4.79 Å². The van der Waals surface area contributed by atoms with Crippen molar-refractivity contribution >= 4 is 29.6 Å². The van der Waals surface area contributed by atoms with E-state index < -0.39 is 5.97 Å². The number of pyridine rings is 1. The molecule has 0 amide bonds. The van der Waals surface area contributed by atoms with Gasteiger partial charge in [-0.1, -0.05) is 37.3 Å². The Labute approximate surface area is 140 Å². The number of hydrogen-bond acceptors (Lipinski definition) is 5. The molecule has 0 bridgehead atoms. The topological polar surface area (TPSA) is 97.8 Å². The molecular weight excluding hydrogens is 318 g/mol. The molecule has 1 aliphatic rings. The minimum absolute atomic E-state index is 0.0593. The third-order valence-corrected chi connectivity index (χ3v) is 4.07. The normalized spacial score (nSPS) is 16.1. The predicted molar refractivity (Wildman–Crippen MR) is 89.2 cm³/mol. The first kappa shape index (κ1) is 17.3. The van der Waals surface area contributed by atoms with Crippen molar-refractivity contribution in [2.45, 2.75) is 32.1 Å². The van der Waals surface area contributed by atoms with Gasteiger partial charge >= 0.3 is 5.97 Å². The van der Waals surface area contributed by atoms with Crippen molar-refractivity contribution in [3.63, 3.8) is 0 Å². The van der Waals surface area contributed by atoms with Gasteiger partial charge in [-0.15, -0.1) is 0 Å². The summed E-state index contributed by atoms with van der Waals surface area (Å²) in [6.45, 7) is 0.609. The van der Waals surface area contributed by atoms with E-state index in [-0.39, 0.29) is 10.7 Å². The Morgan fingerprint density at radius 2 is 2.22 bits per heavy atom. The molecule has 3 N–H and O–H groups in total. The molecule has 0 spiro atoms. The van der Waals surface area contributed by atoms with Crippen LogP contribution in [0.3, 0.4) is 0 Å². The van der Waals surface area contributed by atoms with Gasteiger partial charge in [-0.25, -0.2) is 14.8 Å². The van der Waals surface area contributed by atoms with Crippen LogP contribution < -0.4 is 5.73 Å². The van der Waals surface area contributed by atoms with Crippen molar-refractivity contribution < 1.29 is 14.6 Å². The summed E-state index contributed by atoms with van der Waals surface area (Å²) in [7, 11) is 0. The van der Waals surface area contributed by atoms with Crippen LogP contribution in [0.1, 0.15) is 42.5 Å². The molecule has 2 rings (SSSR count). The van der Waals surface area contributed by atoms with Gasteiger partial charge in [0.2, 0.25) is 0 Å². The fourth-order valence-corrected chi connectivity index (χ4v) is 2.76. The second kappa shape index (κ2) is 8.53. The molecule has 0 atom stereocenters. The summed E-state index contributed by atoms with van der Waals surface area (Å²) in [6.07, 6.45) is 9.22. The lowest BCUT2D eigenvalue weighted by atomic mass is 10.1. The quantitative estimate of drug-likeness (QED) is 0.450. The van der Waals surface area contributed by atoms with E-state index >= 15 is 0 Å². The monoisotopic (exact) mass is 337 g/mol. The summed E-state index contributed by atoms with van der Waals surface area (Å²) in [5.41, 5.74) is 5.68. The first-order valence-corrected chi connectivity index (χ1v) is 7.96. The minimum Gasteiger partial charge on any atom is -0.479 e. The summed E-state index contributed by atoms with van der Waals surface area (Å²) in [5, 5.41) is 8.76. The largest absolute Gasteiger partial charge is 0.479 e. The molecule has 1 aromatic rings. The zero-order valence-corrected chi connectivity index (χ0v) is 13.5. The molecule has 124 valence electrons. The average molecular weight is 338 g/mol. The maximum absolute atomic E-state index is 10.8. The zero-order chi connectivity index (χ0) is 16.7.